The maximum Gasteiger partial charge on any atom is 0.161 e. The first kappa shape index (κ1) is 19.3. The van der Waals surface area contributed by atoms with Crippen molar-refractivity contribution in [3.05, 3.63) is 59.4 Å². The third-order valence-corrected chi connectivity index (χ3v) is 3.25. The largest absolute Gasteiger partial charge is 1.00 e. The van der Waals surface area contributed by atoms with E-state index in [9.17, 15) is 4.39 Å². The van der Waals surface area contributed by atoms with Crippen molar-refractivity contribution in [3.8, 4) is 11.5 Å². The summed E-state index contributed by atoms with van der Waals surface area (Å²) < 4.78 is 24.0. The van der Waals surface area contributed by atoms with E-state index in [0.717, 1.165) is 17.7 Å². The average Bonchev–Trinajstić information content (AvgIpc) is 2.52. The zero-order chi connectivity index (χ0) is 15.9. The highest BCUT2D eigenvalue weighted by Crippen LogP contribution is 2.28. The molecule has 0 aliphatic rings. The van der Waals surface area contributed by atoms with Crippen molar-refractivity contribution in [3.63, 3.8) is 0 Å². The molecule has 126 valence electrons. The van der Waals surface area contributed by atoms with Gasteiger partial charge in [0.15, 0.2) is 11.5 Å². The summed E-state index contributed by atoms with van der Waals surface area (Å²) in [6.45, 7) is 5.38. The quantitative estimate of drug-likeness (QED) is 0.814. The summed E-state index contributed by atoms with van der Waals surface area (Å²) in [6, 6.07) is 12.6. The van der Waals surface area contributed by atoms with E-state index in [1.807, 2.05) is 18.2 Å². The predicted molar refractivity (Wildman–Crippen MR) is 85.7 cm³/mol. The summed E-state index contributed by atoms with van der Waals surface area (Å²) >= 11 is 0. The smallest absolute Gasteiger partial charge is 0.161 e. The van der Waals surface area contributed by atoms with Gasteiger partial charge < -0.3 is 27.2 Å². The zero-order valence-corrected chi connectivity index (χ0v) is 14.4. The third kappa shape index (κ3) is 6.08. The summed E-state index contributed by atoms with van der Waals surface area (Å²) in [5, 5.41) is 3.36. The Kier molecular flexibility index (Phi) is 7.86. The molecule has 1 N–H and O–H groups in total. The van der Waals surface area contributed by atoms with Crippen molar-refractivity contribution >= 4 is 0 Å². The maximum absolute atomic E-state index is 12.9. The first-order valence-electron chi connectivity index (χ1n) is 7.36. The molecule has 3 nitrogen and oxygen atoms in total. The Morgan fingerprint density at radius 1 is 1.00 bits per heavy atom. The van der Waals surface area contributed by atoms with Crippen molar-refractivity contribution in [2.45, 2.75) is 33.0 Å². The topological polar surface area (TPSA) is 30.5 Å². The minimum Gasteiger partial charge on any atom is -1.00 e. The molecule has 23 heavy (non-hydrogen) atoms. The van der Waals surface area contributed by atoms with Crippen molar-refractivity contribution < 1.29 is 26.3 Å². The number of rotatable bonds is 7. The number of ether oxygens (including phenoxy) is 2. The summed E-state index contributed by atoms with van der Waals surface area (Å²) in [7, 11) is 1.62. The van der Waals surface area contributed by atoms with E-state index in [4.69, 9.17) is 9.47 Å². The second kappa shape index (κ2) is 9.38. The van der Waals surface area contributed by atoms with E-state index in [-0.39, 0.29) is 18.2 Å². The van der Waals surface area contributed by atoms with E-state index in [1.165, 1.54) is 12.1 Å². The lowest BCUT2D eigenvalue weighted by Crippen LogP contribution is -3.00. The molecule has 5 heteroatoms. The molecule has 0 spiro atoms. The minimum absolute atomic E-state index is 0. The molecule has 0 amide bonds. The second-order valence-electron chi connectivity index (χ2n) is 5.44. The van der Waals surface area contributed by atoms with E-state index in [1.54, 1.807) is 19.2 Å². The van der Waals surface area contributed by atoms with Crippen LogP contribution in [0, 0.1) is 5.82 Å². The molecule has 0 bridgehead atoms. The summed E-state index contributed by atoms with van der Waals surface area (Å²) in [6.07, 6.45) is 0. The molecule has 0 fully saturated rings. The molecule has 0 aliphatic heterocycles. The number of hydrogen-bond acceptors (Lipinski definition) is 3. The Morgan fingerprint density at radius 3 is 2.26 bits per heavy atom. The Morgan fingerprint density at radius 2 is 1.65 bits per heavy atom. The van der Waals surface area contributed by atoms with Gasteiger partial charge in [0.25, 0.3) is 0 Å². The van der Waals surface area contributed by atoms with Gasteiger partial charge in [-0.2, -0.15) is 0 Å². The van der Waals surface area contributed by atoms with Gasteiger partial charge in [-0.05, 0) is 35.4 Å². The van der Waals surface area contributed by atoms with Gasteiger partial charge in [-0.3, -0.25) is 0 Å². The van der Waals surface area contributed by atoms with E-state index < -0.39 is 0 Å². The summed E-state index contributed by atoms with van der Waals surface area (Å²) in [5.41, 5.74) is 2.05. The van der Waals surface area contributed by atoms with Gasteiger partial charge in [-0.15, -0.1) is 0 Å². The average molecular weight is 339 g/mol. The predicted octanol–water partition coefficient (Wildman–Crippen LogP) is 0.915. The maximum atomic E-state index is 12.9. The van der Waals surface area contributed by atoms with Crippen LogP contribution in [-0.4, -0.2) is 13.2 Å². The molecule has 2 rings (SSSR count). The lowest BCUT2D eigenvalue weighted by Gasteiger charge is -2.13. The van der Waals surface area contributed by atoms with Gasteiger partial charge >= 0.3 is 0 Å². The van der Waals surface area contributed by atoms with Gasteiger partial charge in [-0.1, -0.05) is 32.0 Å². The molecule has 0 saturated heterocycles. The normalized spacial score (nSPS) is 10.3. The van der Waals surface area contributed by atoms with Crippen LogP contribution in [0.2, 0.25) is 0 Å². The van der Waals surface area contributed by atoms with Gasteiger partial charge in [0.05, 0.1) is 7.11 Å². The fourth-order valence-electron chi connectivity index (χ4n) is 2.00. The Hall–Kier alpha value is -1.78. The first-order chi connectivity index (χ1) is 10.6. The number of hydrogen-bond donors (Lipinski definition) is 1. The van der Waals surface area contributed by atoms with E-state index in [2.05, 4.69) is 19.2 Å². The number of halogens is 2. The van der Waals surface area contributed by atoms with Gasteiger partial charge in [0.2, 0.25) is 0 Å². The third-order valence-electron chi connectivity index (χ3n) is 3.25. The number of benzene rings is 2. The van der Waals surface area contributed by atoms with Gasteiger partial charge in [0.1, 0.15) is 12.4 Å². The zero-order valence-electron chi connectivity index (χ0n) is 13.6. The van der Waals surface area contributed by atoms with Crippen molar-refractivity contribution in [2.75, 3.05) is 7.11 Å². The van der Waals surface area contributed by atoms with Crippen LogP contribution in [0.1, 0.15) is 25.0 Å². The SMILES string of the molecule is COc1cc(CNC(C)C)ccc1OCc1ccc(F)cc1.[Cl-]. The molecule has 2 aromatic carbocycles. The lowest BCUT2D eigenvalue weighted by atomic mass is 10.2. The molecule has 0 heterocycles. The lowest BCUT2D eigenvalue weighted by molar-refractivity contribution is -0.00000595. The van der Waals surface area contributed by atoms with Crippen LogP contribution < -0.4 is 27.2 Å². The van der Waals surface area contributed by atoms with Crippen molar-refractivity contribution in [2.24, 2.45) is 0 Å². The van der Waals surface area contributed by atoms with Crippen LogP contribution in [0.4, 0.5) is 4.39 Å². The standard InChI is InChI=1S/C18H22FNO2.ClH/c1-13(2)20-11-15-6-9-17(18(10-15)21-3)22-12-14-4-7-16(19)8-5-14;/h4-10,13,20H,11-12H2,1-3H3;1H/p-1. The summed E-state index contributed by atoms with van der Waals surface area (Å²) in [4.78, 5) is 0. The van der Waals surface area contributed by atoms with Crippen LogP contribution in [0.25, 0.3) is 0 Å². The van der Waals surface area contributed by atoms with Gasteiger partial charge in [0, 0.05) is 12.6 Å². The molecule has 0 saturated carbocycles. The first-order valence-corrected chi connectivity index (χ1v) is 7.36. The molecule has 0 atom stereocenters. The Labute approximate surface area is 143 Å². The van der Waals surface area contributed by atoms with E-state index >= 15 is 0 Å². The number of nitrogens with one attached hydrogen (secondary N) is 1. The fraction of sp³-hybridized carbons (Fsp3) is 0.333. The minimum atomic E-state index is -0.247. The van der Waals surface area contributed by atoms with Crippen LogP contribution in [0.3, 0.4) is 0 Å². The van der Waals surface area contributed by atoms with Crippen LogP contribution in [-0.2, 0) is 13.2 Å². The van der Waals surface area contributed by atoms with Crippen LogP contribution in [0.15, 0.2) is 42.5 Å². The Balaban J connectivity index is 0.00000264. The molecule has 0 radical (unpaired) electrons. The highest BCUT2D eigenvalue weighted by atomic mass is 35.5. The molecule has 0 aliphatic carbocycles. The molecule has 0 aromatic heterocycles. The fourth-order valence-corrected chi connectivity index (χ4v) is 2.00. The number of methoxy groups -OCH3 is 1. The molecule has 2 aromatic rings. The van der Waals surface area contributed by atoms with Crippen LogP contribution in [0.5, 0.6) is 11.5 Å². The van der Waals surface area contributed by atoms with Crippen molar-refractivity contribution in [1.29, 1.82) is 0 Å². The summed E-state index contributed by atoms with van der Waals surface area (Å²) in [5.74, 6) is 1.13. The molecule has 0 unspecified atom stereocenters. The highest BCUT2D eigenvalue weighted by Gasteiger charge is 2.07. The second-order valence-corrected chi connectivity index (χ2v) is 5.44. The molecular formula is C18H22ClFNO2-. The monoisotopic (exact) mass is 338 g/mol. The van der Waals surface area contributed by atoms with Gasteiger partial charge in [-0.25, -0.2) is 4.39 Å². The Bertz CT molecular complexity index is 602. The van der Waals surface area contributed by atoms with E-state index in [0.29, 0.717) is 24.1 Å². The highest BCUT2D eigenvalue weighted by molar-refractivity contribution is 5.43. The molecular weight excluding hydrogens is 317 g/mol. The van der Waals surface area contributed by atoms with Crippen LogP contribution >= 0.6 is 0 Å². The van der Waals surface area contributed by atoms with Crippen molar-refractivity contribution in [1.82, 2.24) is 5.32 Å².